The predicted octanol–water partition coefficient (Wildman–Crippen LogP) is 2.41. The summed E-state index contributed by atoms with van der Waals surface area (Å²) in [6, 6.07) is 4.55. The van der Waals surface area contributed by atoms with Gasteiger partial charge in [0.15, 0.2) is 0 Å². The van der Waals surface area contributed by atoms with Gasteiger partial charge < -0.3 is 15.2 Å². The van der Waals surface area contributed by atoms with Crippen LogP contribution in [0.15, 0.2) is 22.7 Å². The molecule has 1 unspecified atom stereocenters. The van der Waals surface area contributed by atoms with E-state index in [4.69, 9.17) is 10.5 Å². The fraction of sp³-hybridized carbons (Fsp3) is 0.462. The molecule has 0 spiro atoms. The Bertz CT molecular complexity index is 533. The monoisotopic (exact) mass is 360 g/mol. The van der Waals surface area contributed by atoms with Gasteiger partial charge in [0.2, 0.25) is 0 Å². The summed E-state index contributed by atoms with van der Waals surface area (Å²) < 4.78 is 10.4. The maximum atomic E-state index is 11.4. The molecule has 0 aromatic heterocycles. The molecule has 0 bridgehead atoms. The number of halogens is 1. The summed E-state index contributed by atoms with van der Waals surface area (Å²) in [5, 5.41) is 10.8. The number of nitrogens with two attached hydrogens (primary N) is 1. The Labute approximate surface area is 130 Å². The molecule has 0 radical (unpaired) electrons. The second-order valence-corrected chi connectivity index (χ2v) is 5.50. The number of carbonyl (C=O) groups is 1. The molecule has 0 saturated heterocycles. The van der Waals surface area contributed by atoms with Gasteiger partial charge >= 0.3 is 5.97 Å². The van der Waals surface area contributed by atoms with Gasteiger partial charge in [-0.1, -0.05) is 6.07 Å². The van der Waals surface area contributed by atoms with Gasteiger partial charge in [-0.25, -0.2) is 0 Å². The number of nitro benzene ring substituents is 1. The average molecular weight is 361 g/mol. The van der Waals surface area contributed by atoms with E-state index in [0.29, 0.717) is 23.1 Å². The molecule has 8 heteroatoms. The zero-order chi connectivity index (χ0) is 16.0. The van der Waals surface area contributed by atoms with Crippen molar-refractivity contribution < 1.29 is 19.2 Å². The van der Waals surface area contributed by atoms with Gasteiger partial charge in [0.1, 0.15) is 15.8 Å². The van der Waals surface area contributed by atoms with E-state index in [-0.39, 0.29) is 12.3 Å². The highest BCUT2D eigenvalue weighted by Gasteiger charge is 2.28. The van der Waals surface area contributed by atoms with Crippen molar-refractivity contribution in [2.24, 2.45) is 5.73 Å². The largest absolute Gasteiger partial charge is 0.492 e. The van der Waals surface area contributed by atoms with Gasteiger partial charge in [0, 0.05) is 6.07 Å². The Morgan fingerprint density at radius 3 is 2.76 bits per heavy atom. The fourth-order valence-electron chi connectivity index (χ4n) is 1.71. The lowest BCUT2D eigenvalue weighted by atomic mass is 9.98. The first-order valence-electron chi connectivity index (χ1n) is 6.22. The molecule has 116 valence electrons. The molecule has 2 N–H and O–H groups in total. The number of nitro groups is 1. The van der Waals surface area contributed by atoms with Crippen LogP contribution in [-0.2, 0) is 9.53 Å². The van der Waals surface area contributed by atoms with E-state index in [9.17, 15) is 14.9 Å². The van der Waals surface area contributed by atoms with Crippen LogP contribution in [0, 0.1) is 10.1 Å². The Balaban J connectivity index is 2.56. The van der Waals surface area contributed by atoms with Crippen molar-refractivity contribution in [2.75, 3.05) is 13.7 Å². The van der Waals surface area contributed by atoms with Crippen LogP contribution in [0.3, 0.4) is 0 Å². The van der Waals surface area contributed by atoms with E-state index in [1.165, 1.54) is 13.2 Å². The molecule has 0 aliphatic heterocycles. The van der Waals surface area contributed by atoms with Gasteiger partial charge in [-0.05, 0) is 41.8 Å². The summed E-state index contributed by atoms with van der Waals surface area (Å²) in [7, 11) is 1.28. The third kappa shape index (κ3) is 4.68. The van der Waals surface area contributed by atoms with Gasteiger partial charge in [-0.2, -0.15) is 0 Å². The smallest absolute Gasteiger partial charge is 0.325 e. The molecule has 1 rings (SSSR count). The summed E-state index contributed by atoms with van der Waals surface area (Å²) in [5.41, 5.74) is 4.68. The molecule has 7 nitrogen and oxygen atoms in total. The number of esters is 1. The maximum Gasteiger partial charge on any atom is 0.325 e. The number of benzene rings is 1. The molecule has 1 aromatic carbocycles. The summed E-state index contributed by atoms with van der Waals surface area (Å²) in [5.74, 6) is -0.111. The first-order valence-corrected chi connectivity index (χ1v) is 7.02. The van der Waals surface area contributed by atoms with Gasteiger partial charge in [-0.15, -0.1) is 0 Å². The highest BCUT2D eigenvalue weighted by atomic mass is 79.9. The number of nitrogens with zero attached hydrogens (tertiary/aromatic N) is 1. The Morgan fingerprint density at radius 1 is 1.52 bits per heavy atom. The van der Waals surface area contributed by atoms with Crippen LogP contribution in [0.1, 0.15) is 19.8 Å². The van der Waals surface area contributed by atoms with Crippen molar-refractivity contribution in [3.8, 4) is 5.75 Å². The molecule has 1 atom stereocenters. The third-order valence-electron chi connectivity index (χ3n) is 2.89. The zero-order valence-electron chi connectivity index (χ0n) is 11.8. The van der Waals surface area contributed by atoms with Crippen molar-refractivity contribution >= 4 is 27.6 Å². The summed E-state index contributed by atoms with van der Waals surface area (Å²) in [6.45, 7) is 1.87. The first kappa shape index (κ1) is 17.4. The van der Waals surface area contributed by atoms with Crippen molar-refractivity contribution in [1.82, 2.24) is 0 Å². The van der Waals surface area contributed by atoms with E-state index in [0.717, 1.165) is 0 Å². The topological polar surface area (TPSA) is 105 Å². The lowest BCUT2D eigenvalue weighted by Gasteiger charge is -2.21. The van der Waals surface area contributed by atoms with E-state index < -0.39 is 16.4 Å². The van der Waals surface area contributed by atoms with Crippen LogP contribution in [0.25, 0.3) is 0 Å². The summed E-state index contributed by atoms with van der Waals surface area (Å²) in [4.78, 5) is 21.7. The van der Waals surface area contributed by atoms with Gasteiger partial charge in [0.25, 0.3) is 5.69 Å². The van der Waals surface area contributed by atoms with Crippen molar-refractivity contribution in [3.63, 3.8) is 0 Å². The Kier molecular flexibility index (Phi) is 6.10. The highest BCUT2D eigenvalue weighted by Crippen LogP contribution is 2.33. The van der Waals surface area contributed by atoms with Crippen molar-refractivity contribution in [3.05, 3.63) is 32.8 Å². The Morgan fingerprint density at radius 2 is 2.19 bits per heavy atom. The zero-order valence-corrected chi connectivity index (χ0v) is 13.4. The van der Waals surface area contributed by atoms with Crippen LogP contribution in [0.5, 0.6) is 5.75 Å². The van der Waals surface area contributed by atoms with Crippen LogP contribution >= 0.6 is 15.9 Å². The molecule has 0 saturated carbocycles. The normalized spacial score (nSPS) is 13.3. The molecular formula is C13H17BrN2O5. The fourth-order valence-corrected chi connectivity index (χ4v) is 2.23. The van der Waals surface area contributed by atoms with Crippen molar-refractivity contribution in [2.45, 2.75) is 25.3 Å². The molecule has 0 aliphatic carbocycles. The molecule has 0 fully saturated rings. The summed E-state index contributed by atoms with van der Waals surface area (Å²) >= 11 is 3.14. The van der Waals surface area contributed by atoms with E-state index >= 15 is 0 Å². The van der Waals surface area contributed by atoms with Crippen LogP contribution < -0.4 is 10.5 Å². The second-order valence-electron chi connectivity index (χ2n) is 4.71. The SMILES string of the molecule is COC(=O)C(C)(N)CCCOc1cccc([N+](=O)[O-])c1Br. The van der Waals surface area contributed by atoms with E-state index in [1.54, 1.807) is 19.1 Å². The molecule has 1 aromatic rings. The average Bonchev–Trinajstić information content (AvgIpc) is 2.43. The standard InChI is InChI=1S/C13H17BrN2O5/c1-13(15,12(17)20-2)7-4-8-21-10-6-3-5-9(11(10)14)16(18)19/h3,5-6H,4,7-8,15H2,1-2H3. The van der Waals surface area contributed by atoms with Crippen LogP contribution in [-0.4, -0.2) is 30.1 Å². The first-order chi connectivity index (χ1) is 9.79. The molecule has 21 heavy (non-hydrogen) atoms. The lowest BCUT2D eigenvalue weighted by molar-refractivity contribution is -0.385. The molecule has 0 heterocycles. The molecule has 0 aliphatic rings. The molecule has 0 amide bonds. The van der Waals surface area contributed by atoms with Gasteiger partial charge in [0.05, 0.1) is 18.6 Å². The van der Waals surface area contributed by atoms with Crippen LogP contribution in [0.2, 0.25) is 0 Å². The number of methoxy groups -OCH3 is 1. The van der Waals surface area contributed by atoms with Crippen LogP contribution in [0.4, 0.5) is 5.69 Å². The number of hydrogen-bond donors (Lipinski definition) is 1. The minimum Gasteiger partial charge on any atom is -0.492 e. The van der Waals surface area contributed by atoms with Gasteiger partial charge in [-0.3, -0.25) is 14.9 Å². The Hall–Kier alpha value is -1.67. The minimum atomic E-state index is -1.07. The van der Waals surface area contributed by atoms with E-state index in [1.807, 2.05) is 0 Å². The second kappa shape index (κ2) is 7.37. The number of rotatable bonds is 7. The maximum absolute atomic E-state index is 11.4. The number of ether oxygens (including phenoxy) is 2. The van der Waals surface area contributed by atoms with Crippen molar-refractivity contribution in [1.29, 1.82) is 0 Å². The van der Waals surface area contributed by atoms with E-state index in [2.05, 4.69) is 20.7 Å². The minimum absolute atomic E-state index is 0.0641. The quantitative estimate of drug-likeness (QED) is 0.346. The summed E-state index contributed by atoms with van der Waals surface area (Å²) in [6.07, 6.45) is 0.892. The number of hydrogen-bond acceptors (Lipinski definition) is 6. The molecular weight excluding hydrogens is 344 g/mol. The third-order valence-corrected chi connectivity index (χ3v) is 3.69. The predicted molar refractivity (Wildman–Crippen MR) is 80.1 cm³/mol. The number of carbonyl (C=O) groups excluding carboxylic acids is 1. The highest BCUT2D eigenvalue weighted by molar-refractivity contribution is 9.10. The lowest BCUT2D eigenvalue weighted by Crippen LogP contribution is -2.45.